The predicted molar refractivity (Wildman–Crippen MR) is 64.5 cm³/mol. The molecule has 0 aliphatic carbocycles. The van der Waals surface area contributed by atoms with Gasteiger partial charge in [-0.15, -0.1) is 0 Å². The number of alkyl halides is 1. The summed E-state index contributed by atoms with van der Waals surface area (Å²) >= 11 is 2.86. The second kappa shape index (κ2) is 5.42. The highest BCUT2D eigenvalue weighted by atomic mass is 79.9. The number of hydrogen-bond acceptors (Lipinski definition) is 3. The van der Waals surface area contributed by atoms with Crippen molar-refractivity contribution in [3.63, 3.8) is 0 Å². The molecule has 1 rings (SSSR count). The van der Waals surface area contributed by atoms with Gasteiger partial charge >= 0.3 is 0 Å². The van der Waals surface area contributed by atoms with Crippen LogP contribution in [-0.2, 0) is 16.6 Å². The summed E-state index contributed by atoms with van der Waals surface area (Å²) in [6, 6.07) is 6.49. The number of sulfonamides is 1. The molecule has 3 N–H and O–H groups in total. The van der Waals surface area contributed by atoms with Crippen LogP contribution < -0.4 is 10.5 Å². The summed E-state index contributed by atoms with van der Waals surface area (Å²) in [5.74, 6) is -0.537. The summed E-state index contributed by atoms with van der Waals surface area (Å²) in [6.07, 6.45) is 0. The van der Waals surface area contributed by atoms with Gasteiger partial charge in [-0.1, -0.05) is 28.1 Å². The third kappa shape index (κ3) is 3.92. The normalized spacial score (nSPS) is 11.3. The van der Waals surface area contributed by atoms with E-state index >= 15 is 0 Å². The Hall–Kier alpha value is -0.920. The summed E-state index contributed by atoms with van der Waals surface area (Å²) in [5, 5.41) is 0. The number of carbonyl (C=O) groups excluding carboxylic acids is 1. The van der Waals surface area contributed by atoms with Crippen molar-refractivity contribution in [1.82, 2.24) is 4.72 Å². The van der Waals surface area contributed by atoms with Crippen molar-refractivity contribution < 1.29 is 13.2 Å². The Morgan fingerprint density at radius 3 is 2.69 bits per heavy atom. The van der Waals surface area contributed by atoms with E-state index in [1.807, 2.05) is 0 Å². The third-order valence-electron chi connectivity index (χ3n) is 1.85. The lowest BCUT2D eigenvalue weighted by Crippen LogP contribution is -2.24. The molecule has 0 aliphatic rings. The molecule has 1 amide bonds. The molecule has 7 heteroatoms. The molecule has 0 heterocycles. The SMILES string of the molecule is NC(=O)c1cccc(CNS(=O)(=O)CBr)c1. The van der Waals surface area contributed by atoms with Gasteiger partial charge in [-0.05, 0) is 17.7 Å². The highest BCUT2D eigenvalue weighted by Crippen LogP contribution is 2.05. The molecule has 0 aromatic heterocycles. The second-order valence-corrected chi connectivity index (χ2v) is 6.22. The maximum atomic E-state index is 11.1. The first-order valence-corrected chi connectivity index (χ1v) is 7.14. The summed E-state index contributed by atoms with van der Waals surface area (Å²) in [7, 11) is -3.30. The monoisotopic (exact) mass is 306 g/mol. The van der Waals surface area contributed by atoms with Gasteiger partial charge in [0, 0.05) is 12.1 Å². The number of hydrogen-bond donors (Lipinski definition) is 2. The summed E-state index contributed by atoms with van der Waals surface area (Å²) in [6.45, 7) is 0.134. The number of halogens is 1. The number of primary amides is 1. The second-order valence-electron chi connectivity index (χ2n) is 3.11. The summed E-state index contributed by atoms with van der Waals surface area (Å²) in [4.78, 5) is 10.9. The van der Waals surface area contributed by atoms with Gasteiger partial charge in [0.1, 0.15) is 4.66 Å². The number of benzene rings is 1. The Labute approximate surface area is 102 Å². The van der Waals surface area contributed by atoms with E-state index < -0.39 is 15.9 Å². The average molecular weight is 307 g/mol. The minimum absolute atomic E-state index is 0.134. The predicted octanol–water partition coefficient (Wildman–Crippen LogP) is 0.557. The molecule has 0 saturated heterocycles. The molecule has 1 aromatic rings. The standard InChI is InChI=1S/C9H11BrN2O3S/c10-6-16(14,15)12-5-7-2-1-3-8(4-7)9(11)13/h1-4,12H,5-6H2,(H2,11,13). The van der Waals surface area contributed by atoms with Gasteiger partial charge < -0.3 is 5.73 Å². The van der Waals surface area contributed by atoms with Crippen molar-refractivity contribution in [3.8, 4) is 0 Å². The Morgan fingerprint density at radius 1 is 1.44 bits per heavy atom. The van der Waals surface area contributed by atoms with Gasteiger partial charge in [0.05, 0.1) is 0 Å². The molecule has 0 fully saturated rings. The molecule has 1 aromatic carbocycles. The topological polar surface area (TPSA) is 89.3 Å². The zero-order valence-corrected chi connectivity index (χ0v) is 10.7. The molecule has 88 valence electrons. The highest BCUT2D eigenvalue weighted by molar-refractivity contribution is 9.10. The maximum Gasteiger partial charge on any atom is 0.248 e. The highest BCUT2D eigenvalue weighted by Gasteiger charge is 2.07. The van der Waals surface area contributed by atoms with Crippen LogP contribution in [0.15, 0.2) is 24.3 Å². The fourth-order valence-electron chi connectivity index (χ4n) is 1.07. The zero-order chi connectivity index (χ0) is 12.2. The lowest BCUT2D eigenvalue weighted by molar-refractivity contribution is 0.1000. The van der Waals surface area contributed by atoms with E-state index in [9.17, 15) is 13.2 Å². The zero-order valence-electron chi connectivity index (χ0n) is 8.31. The van der Waals surface area contributed by atoms with E-state index in [-0.39, 0.29) is 11.2 Å². The van der Waals surface area contributed by atoms with Crippen molar-refractivity contribution in [1.29, 1.82) is 0 Å². The molecule has 0 saturated carbocycles. The number of nitrogens with one attached hydrogen (secondary N) is 1. The molecule has 0 aliphatic heterocycles. The molecular weight excluding hydrogens is 296 g/mol. The average Bonchev–Trinajstić information content (AvgIpc) is 2.27. The minimum atomic E-state index is -3.30. The molecule has 0 atom stereocenters. The van der Waals surface area contributed by atoms with Crippen molar-refractivity contribution in [2.45, 2.75) is 6.54 Å². The van der Waals surface area contributed by atoms with Crippen LogP contribution in [-0.4, -0.2) is 19.0 Å². The van der Waals surface area contributed by atoms with Gasteiger partial charge in [0.15, 0.2) is 0 Å². The third-order valence-corrected chi connectivity index (χ3v) is 4.53. The van der Waals surface area contributed by atoms with Crippen LogP contribution >= 0.6 is 15.9 Å². The van der Waals surface area contributed by atoms with Crippen LogP contribution in [0.25, 0.3) is 0 Å². The lowest BCUT2D eigenvalue weighted by atomic mass is 10.1. The largest absolute Gasteiger partial charge is 0.366 e. The fourth-order valence-corrected chi connectivity index (χ4v) is 2.02. The van der Waals surface area contributed by atoms with Crippen LogP contribution in [0.4, 0.5) is 0 Å². The van der Waals surface area contributed by atoms with E-state index in [1.54, 1.807) is 24.3 Å². The lowest BCUT2D eigenvalue weighted by Gasteiger charge is -2.04. The van der Waals surface area contributed by atoms with E-state index in [0.717, 1.165) is 0 Å². The Balaban J connectivity index is 2.75. The van der Waals surface area contributed by atoms with Crippen LogP contribution in [0.3, 0.4) is 0 Å². The number of rotatable bonds is 5. The number of amides is 1. The van der Waals surface area contributed by atoms with Crippen LogP contribution in [0.1, 0.15) is 15.9 Å². The van der Waals surface area contributed by atoms with Crippen molar-refractivity contribution in [2.75, 3.05) is 4.66 Å². The van der Waals surface area contributed by atoms with E-state index in [4.69, 9.17) is 5.73 Å². The van der Waals surface area contributed by atoms with Crippen molar-refractivity contribution >= 4 is 31.9 Å². The van der Waals surface area contributed by atoms with E-state index in [0.29, 0.717) is 11.1 Å². The van der Waals surface area contributed by atoms with Crippen molar-refractivity contribution in [2.24, 2.45) is 5.73 Å². The van der Waals surface area contributed by atoms with Crippen LogP contribution in [0, 0.1) is 0 Å². The molecule has 0 spiro atoms. The minimum Gasteiger partial charge on any atom is -0.366 e. The molecule has 5 nitrogen and oxygen atoms in total. The van der Waals surface area contributed by atoms with E-state index in [2.05, 4.69) is 20.7 Å². The molecule has 16 heavy (non-hydrogen) atoms. The first-order chi connectivity index (χ1) is 7.44. The van der Waals surface area contributed by atoms with E-state index in [1.165, 1.54) is 0 Å². The number of carbonyl (C=O) groups is 1. The molecule has 0 unspecified atom stereocenters. The smallest absolute Gasteiger partial charge is 0.248 e. The molecule has 0 bridgehead atoms. The van der Waals surface area contributed by atoms with Gasteiger partial charge in [-0.25, -0.2) is 13.1 Å². The molecule has 0 radical (unpaired) electrons. The Kier molecular flexibility index (Phi) is 4.45. The van der Waals surface area contributed by atoms with Gasteiger partial charge in [-0.2, -0.15) is 0 Å². The van der Waals surface area contributed by atoms with Crippen LogP contribution in [0.2, 0.25) is 0 Å². The van der Waals surface area contributed by atoms with Crippen LogP contribution in [0.5, 0.6) is 0 Å². The fraction of sp³-hybridized carbons (Fsp3) is 0.222. The maximum absolute atomic E-state index is 11.1. The Bertz CT molecular complexity index is 487. The number of nitrogens with two attached hydrogens (primary N) is 1. The Morgan fingerprint density at radius 2 is 2.12 bits per heavy atom. The first kappa shape index (κ1) is 13.1. The molecular formula is C9H11BrN2O3S. The summed E-state index contributed by atoms with van der Waals surface area (Å²) < 4.78 is 24.5. The quantitative estimate of drug-likeness (QED) is 0.779. The van der Waals surface area contributed by atoms with Gasteiger partial charge in [0.25, 0.3) is 0 Å². The summed E-state index contributed by atoms with van der Waals surface area (Å²) in [5.41, 5.74) is 6.14. The van der Waals surface area contributed by atoms with Gasteiger partial charge in [-0.3, -0.25) is 4.79 Å². The van der Waals surface area contributed by atoms with Crippen molar-refractivity contribution in [3.05, 3.63) is 35.4 Å². The first-order valence-electron chi connectivity index (χ1n) is 4.36. The van der Waals surface area contributed by atoms with Gasteiger partial charge in [0.2, 0.25) is 15.9 Å².